The average molecular weight is 378 g/mol. The maximum absolute atomic E-state index is 13.0. The van der Waals surface area contributed by atoms with Gasteiger partial charge in [0.05, 0.1) is 5.71 Å². The molecule has 2 unspecified atom stereocenters. The summed E-state index contributed by atoms with van der Waals surface area (Å²) in [5.41, 5.74) is 3.16. The molecule has 7 heteroatoms. The van der Waals surface area contributed by atoms with Crippen molar-refractivity contribution in [3.05, 3.63) is 35.9 Å². The number of aromatic nitrogens is 2. The van der Waals surface area contributed by atoms with E-state index in [4.69, 9.17) is 0 Å². The van der Waals surface area contributed by atoms with Crippen LogP contribution in [-0.2, 0) is 11.8 Å². The number of allylic oxidation sites excluding steroid dienone is 3. The van der Waals surface area contributed by atoms with Crippen LogP contribution in [0.4, 0.5) is 0 Å². The number of amides is 1. The van der Waals surface area contributed by atoms with Crippen LogP contribution in [0.3, 0.4) is 0 Å². The standard InChI is InChI=1S/C21H26N6O/c1-26-9-8-22-20(26)13-6-7-18-17(10-13)19(25-24-18)21(28)23-14-11-15-4-3-5-16(12-14)27(15)2/h6,8-10,14-16H,3-5,7,11-12H2,1-2H3,(H,23,28). The van der Waals surface area contributed by atoms with Gasteiger partial charge in [0, 0.05) is 55.1 Å². The SMILES string of the molecule is CN1C2CCCC1CC(NC(=O)C1=NN=C3CC=C(c4nccn4C)C=C31)C2. The lowest BCUT2D eigenvalue weighted by molar-refractivity contribution is -0.116. The minimum absolute atomic E-state index is 0.0984. The molecule has 1 aromatic rings. The van der Waals surface area contributed by atoms with Gasteiger partial charge in [-0.2, -0.15) is 5.10 Å². The Labute approximate surface area is 164 Å². The Bertz CT molecular complexity index is 922. The summed E-state index contributed by atoms with van der Waals surface area (Å²) in [6, 6.07) is 1.39. The first kappa shape index (κ1) is 17.6. The molecule has 0 aromatic carbocycles. The summed E-state index contributed by atoms with van der Waals surface area (Å²) in [7, 11) is 4.20. The lowest BCUT2D eigenvalue weighted by atomic mass is 9.82. The fourth-order valence-electron chi connectivity index (χ4n) is 5.03. The summed E-state index contributed by atoms with van der Waals surface area (Å²) in [4.78, 5) is 19.9. The van der Waals surface area contributed by atoms with Gasteiger partial charge in [-0.1, -0.05) is 12.5 Å². The molecule has 2 fully saturated rings. The fraction of sp³-hybridized carbons (Fsp3) is 0.524. The lowest BCUT2D eigenvalue weighted by Crippen LogP contribution is -2.56. The number of rotatable bonds is 3. The van der Waals surface area contributed by atoms with Crippen LogP contribution in [0.25, 0.3) is 5.57 Å². The number of aryl methyl sites for hydroxylation is 1. The van der Waals surface area contributed by atoms with Crippen molar-refractivity contribution in [3.63, 3.8) is 0 Å². The lowest BCUT2D eigenvalue weighted by Gasteiger charge is -2.47. The highest BCUT2D eigenvalue weighted by molar-refractivity contribution is 6.53. The Kier molecular flexibility index (Phi) is 4.27. The van der Waals surface area contributed by atoms with Crippen LogP contribution in [-0.4, -0.2) is 57.0 Å². The average Bonchev–Trinajstić information content (AvgIpc) is 3.28. The number of piperidine rings is 2. The van der Waals surface area contributed by atoms with Crippen molar-refractivity contribution in [2.75, 3.05) is 7.05 Å². The van der Waals surface area contributed by atoms with E-state index >= 15 is 0 Å². The first-order valence-corrected chi connectivity index (χ1v) is 10.2. The van der Waals surface area contributed by atoms with Crippen LogP contribution < -0.4 is 5.32 Å². The first-order valence-electron chi connectivity index (χ1n) is 10.2. The molecule has 0 spiro atoms. The quantitative estimate of drug-likeness (QED) is 0.875. The molecule has 2 atom stereocenters. The van der Waals surface area contributed by atoms with Crippen molar-refractivity contribution < 1.29 is 4.79 Å². The van der Waals surface area contributed by atoms with Gasteiger partial charge in [0.2, 0.25) is 0 Å². The van der Waals surface area contributed by atoms with Crippen LogP contribution in [0.2, 0.25) is 0 Å². The van der Waals surface area contributed by atoms with Gasteiger partial charge in [0.15, 0.2) is 5.71 Å². The molecule has 1 N–H and O–H groups in total. The third-order valence-electron chi connectivity index (χ3n) is 6.62. The molecule has 1 aromatic heterocycles. The summed E-state index contributed by atoms with van der Waals surface area (Å²) in [5.74, 6) is 0.792. The molecule has 0 radical (unpaired) electrons. The topological polar surface area (TPSA) is 74.9 Å². The molecule has 5 rings (SSSR count). The number of hydrogen-bond donors (Lipinski definition) is 1. The summed E-state index contributed by atoms with van der Waals surface area (Å²) >= 11 is 0. The number of carbonyl (C=O) groups is 1. The predicted molar refractivity (Wildman–Crippen MR) is 109 cm³/mol. The van der Waals surface area contributed by atoms with Gasteiger partial charge in [-0.3, -0.25) is 4.79 Å². The first-order chi connectivity index (χ1) is 13.6. The molecule has 2 saturated heterocycles. The second-order valence-corrected chi connectivity index (χ2v) is 8.32. The Morgan fingerprint density at radius 3 is 2.68 bits per heavy atom. The van der Waals surface area contributed by atoms with Crippen LogP contribution in [0.15, 0.2) is 40.3 Å². The number of nitrogens with zero attached hydrogens (tertiary/aromatic N) is 5. The molecule has 28 heavy (non-hydrogen) atoms. The normalized spacial score (nSPS) is 29.4. The molecule has 4 heterocycles. The number of carbonyl (C=O) groups excluding carboxylic acids is 1. The molecule has 146 valence electrons. The fourth-order valence-corrected chi connectivity index (χ4v) is 5.03. The Hall–Kier alpha value is -2.54. The van der Waals surface area contributed by atoms with Crippen LogP contribution in [0.5, 0.6) is 0 Å². The highest BCUT2D eigenvalue weighted by Gasteiger charge is 2.37. The zero-order valence-electron chi connectivity index (χ0n) is 16.4. The van der Waals surface area contributed by atoms with E-state index in [-0.39, 0.29) is 11.9 Å². The zero-order valence-corrected chi connectivity index (χ0v) is 16.4. The van der Waals surface area contributed by atoms with Gasteiger partial charge in [-0.05, 0) is 38.8 Å². The van der Waals surface area contributed by atoms with E-state index in [0.717, 1.165) is 35.5 Å². The van der Waals surface area contributed by atoms with Crippen molar-refractivity contribution in [2.24, 2.45) is 17.3 Å². The Morgan fingerprint density at radius 1 is 1.18 bits per heavy atom. The van der Waals surface area contributed by atoms with Gasteiger partial charge >= 0.3 is 0 Å². The maximum Gasteiger partial charge on any atom is 0.272 e. The second kappa shape index (κ2) is 6.81. The van der Waals surface area contributed by atoms with E-state index in [9.17, 15) is 4.79 Å². The highest BCUT2D eigenvalue weighted by Crippen LogP contribution is 2.33. The summed E-state index contributed by atoms with van der Waals surface area (Å²) in [5, 5.41) is 11.7. The van der Waals surface area contributed by atoms with Crippen molar-refractivity contribution >= 4 is 22.9 Å². The van der Waals surface area contributed by atoms with Crippen molar-refractivity contribution in [3.8, 4) is 0 Å². The molecule has 3 aliphatic heterocycles. The summed E-state index contributed by atoms with van der Waals surface area (Å²) in [6.07, 6.45) is 14.3. The van der Waals surface area contributed by atoms with Crippen LogP contribution in [0, 0.1) is 0 Å². The van der Waals surface area contributed by atoms with Crippen LogP contribution >= 0.6 is 0 Å². The minimum Gasteiger partial charge on any atom is -0.348 e. The van der Waals surface area contributed by atoms with Gasteiger partial charge in [-0.25, -0.2) is 4.98 Å². The maximum atomic E-state index is 13.0. The molecule has 2 bridgehead atoms. The minimum atomic E-state index is -0.0984. The Morgan fingerprint density at radius 2 is 1.96 bits per heavy atom. The second-order valence-electron chi connectivity index (χ2n) is 8.32. The third-order valence-corrected chi connectivity index (χ3v) is 6.62. The van der Waals surface area contributed by atoms with Crippen molar-refractivity contribution in [2.45, 2.75) is 56.7 Å². The molecule has 1 aliphatic carbocycles. The van der Waals surface area contributed by atoms with Gasteiger partial charge in [0.1, 0.15) is 5.82 Å². The molecular formula is C21H26N6O. The third kappa shape index (κ3) is 2.94. The summed E-state index contributed by atoms with van der Waals surface area (Å²) < 4.78 is 1.98. The van der Waals surface area contributed by atoms with E-state index in [1.807, 2.05) is 23.9 Å². The number of hydrogen-bond acceptors (Lipinski definition) is 5. The number of imidazole rings is 1. The van der Waals surface area contributed by atoms with Crippen LogP contribution in [0.1, 0.15) is 44.3 Å². The van der Waals surface area contributed by atoms with E-state index in [1.54, 1.807) is 6.20 Å². The van der Waals surface area contributed by atoms with Gasteiger partial charge in [0.25, 0.3) is 5.91 Å². The van der Waals surface area contributed by atoms with E-state index in [0.29, 0.717) is 24.2 Å². The smallest absolute Gasteiger partial charge is 0.272 e. The highest BCUT2D eigenvalue weighted by atomic mass is 16.2. The van der Waals surface area contributed by atoms with E-state index in [2.05, 4.69) is 38.5 Å². The summed E-state index contributed by atoms with van der Waals surface area (Å²) in [6.45, 7) is 0. The zero-order chi connectivity index (χ0) is 19.3. The molecule has 7 nitrogen and oxygen atoms in total. The Balaban J connectivity index is 1.32. The molecule has 1 amide bonds. The van der Waals surface area contributed by atoms with Gasteiger partial charge < -0.3 is 14.8 Å². The molecule has 4 aliphatic rings. The largest absolute Gasteiger partial charge is 0.348 e. The van der Waals surface area contributed by atoms with E-state index < -0.39 is 0 Å². The predicted octanol–water partition coefficient (Wildman–Crippen LogP) is 2.08. The number of fused-ring (bicyclic) bond motifs is 3. The van der Waals surface area contributed by atoms with Gasteiger partial charge in [-0.15, -0.1) is 5.10 Å². The number of nitrogens with one attached hydrogen (secondary N) is 1. The molecular weight excluding hydrogens is 352 g/mol. The van der Waals surface area contributed by atoms with Crippen molar-refractivity contribution in [1.82, 2.24) is 19.8 Å². The monoisotopic (exact) mass is 378 g/mol. The molecule has 0 saturated carbocycles. The van der Waals surface area contributed by atoms with E-state index in [1.165, 1.54) is 19.3 Å². The van der Waals surface area contributed by atoms with Crippen molar-refractivity contribution in [1.29, 1.82) is 0 Å².